The van der Waals surface area contributed by atoms with Gasteiger partial charge in [0.05, 0.1) is 6.54 Å². The highest BCUT2D eigenvalue weighted by Crippen LogP contribution is 2.40. The van der Waals surface area contributed by atoms with Gasteiger partial charge in [0, 0.05) is 17.2 Å². The Morgan fingerprint density at radius 2 is 1.39 bits per heavy atom. The van der Waals surface area contributed by atoms with E-state index in [1.165, 1.54) is 4.90 Å². The van der Waals surface area contributed by atoms with Gasteiger partial charge in [0.15, 0.2) is 11.3 Å². The Morgan fingerprint density at radius 1 is 0.861 bits per heavy atom. The molecule has 3 aromatic carbocycles. The molecule has 1 aliphatic carbocycles. The second kappa shape index (κ2) is 9.90. The molecular formula is C30H29N3O3. The summed E-state index contributed by atoms with van der Waals surface area (Å²) < 4.78 is 0. The van der Waals surface area contributed by atoms with Crippen LogP contribution in [-0.2, 0) is 10.3 Å². The molecule has 0 atom stereocenters. The van der Waals surface area contributed by atoms with E-state index >= 15 is 0 Å². The van der Waals surface area contributed by atoms with E-state index in [0.29, 0.717) is 17.0 Å². The van der Waals surface area contributed by atoms with E-state index < -0.39 is 5.54 Å². The Balaban J connectivity index is 1.35. The largest absolute Gasteiger partial charge is 0.349 e. The molecule has 0 spiro atoms. The number of rotatable bonds is 7. The van der Waals surface area contributed by atoms with Crippen LogP contribution >= 0.6 is 0 Å². The van der Waals surface area contributed by atoms with Crippen LogP contribution < -0.4 is 5.32 Å². The fraction of sp³-hybridized carbons (Fsp3) is 0.267. The highest BCUT2D eigenvalue weighted by molar-refractivity contribution is 6.13. The lowest BCUT2D eigenvalue weighted by Gasteiger charge is -2.27. The van der Waals surface area contributed by atoms with Gasteiger partial charge in [0.1, 0.15) is 5.84 Å². The smallest absolute Gasteiger partial charge is 0.265 e. The molecule has 5 rings (SSSR count). The quantitative estimate of drug-likeness (QED) is 0.497. The predicted molar refractivity (Wildman–Crippen MR) is 139 cm³/mol. The van der Waals surface area contributed by atoms with Gasteiger partial charge in [-0.2, -0.15) is 0 Å². The van der Waals surface area contributed by atoms with Crippen molar-refractivity contribution >= 4 is 23.4 Å². The number of aliphatic imine (C=N–C) groups is 1. The molecule has 1 N–H and O–H groups in total. The average Bonchev–Trinajstić information content (AvgIpc) is 3.52. The van der Waals surface area contributed by atoms with Crippen LogP contribution in [0.3, 0.4) is 0 Å². The fourth-order valence-corrected chi connectivity index (χ4v) is 5.16. The fourth-order valence-electron chi connectivity index (χ4n) is 5.16. The number of benzene rings is 3. The average molecular weight is 480 g/mol. The summed E-state index contributed by atoms with van der Waals surface area (Å²) in [6.45, 7) is 1.64. The Bertz CT molecular complexity index is 1250. The number of nitrogens with one attached hydrogen (secondary N) is 1. The number of Topliss-reactive ketones (excluding diaryl/α,β-unsaturated/α-hetero) is 1. The van der Waals surface area contributed by atoms with E-state index in [1.54, 1.807) is 31.2 Å². The van der Waals surface area contributed by atoms with Crippen LogP contribution in [0, 0.1) is 0 Å². The Kier molecular flexibility index (Phi) is 6.51. The maximum atomic E-state index is 13.9. The zero-order valence-corrected chi connectivity index (χ0v) is 20.3. The highest BCUT2D eigenvalue weighted by Gasteiger charge is 2.50. The molecule has 1 fully saturated rings. The molecule has 1 saturated carbocycles. The Labute approximate surface area is 211 Å². The standard InChI is InChI=1S/C30H29N3O3/c1-21-32-30(24-10-4-2-5-11-24,25-12-6-3-7-13-25)29(36)33(21)20-27(34)22-16-18-23(19-17-22)28(35)31-26-14-8-9-15-26/h2-7,10-13,16-19,26H,8-9,14-15,20H2,1H3,(H,31,35). The summed E-state index contributed by atoms with van der Waals surface area (Å²) in [5.74, 6) is -0.0846. The van der Waals surface area contributed by atoms with E-state index in [9.17, 15) is 14.4 Å². The highest BCUT2D eigenvalue weighted by atomic mass is 16.2. The molecule has 1 aliphatic heterocycles. The molecule has 36 heavy (non-hydrogen) atoms. The molecule has 0 bridgehead atoms. The van der Waals surface area contributed by atoms with Gasteiger partial charge in [-0.25, -0.2) is 4.99 Å². The molecule has 2 amide bonds. The molecule has 6 nitrogen and oxygen atoms in total. The minimum absolute atomic E-state index is 0.117. The lowest BCUT2D eigenvalue weighted by atomic mass is 9.83. The zero-order valence-electron chi connectivity index (χ0n) is 20.3. The molecule has 182 valence electrons. The van der Waals surface area contributed by atoms with Crippen LogP contribution in [0.15, 0.2) is 89.9 Å². The van der Waals surface area contributed by atoms with Gasteiger partial charge in [0.25, 0.3) is 11.8 Å². The third kappa shape index (κ3) is 4.35. The summed E-state index contributed by atoms with van der Waals surface area (Å²) in [4.78, 5) is 45.9. The summed E-state index contributed by atoms with van der Waals surface area (Å²) in [7, 11) is 0. The molecule has 0 unspecified atom stereocenters. The second-order valence-corrected chi connectivity index (χ2v) is 9.45. The van der Waals surface area contributed by atoms with Gasteiger partial charge in [-0.05, 0) is 43.0 Å². The van der Waals surface area contributed by atoms with E-state index in [-0.39, 0.29) is 30.2 Å². The van der Waals surface area contributed by atoms with Crippen molar-refractivity contribution in [1.29, 1.82) is 0 Å². The van der Waals surface area contributed by atoms with Crippen molar-refractivity contribution in [3.8, 4) is 0 Å². The number of carbonyl (C=O) groups is 3. The normalized spacial score (nSPS) is 17.2. The monoisotopic (exact) mass is 479 g/mol. The van der Waals surface area contributed by atoms with Crippen LogP contribution in [0.25, 0.3) is 0 Å². The van der Waals surface area contributed by atoms with Gasteiger partial charge in [0.2, 0.25) is 0 Å². The number of amidine groups is 1. The SMILES string of the molecule is CC1=NC(c2ccccc2)(c2ccccc2)C(=O)N1CC(=O)c1ccc(C(=O)NC2CCCC2)cc1. The number of hydrogen-bond acceptors (Lipinski definition) is 4. The van der Waals surface area contributed by atoms with Crippen molar-refractivity contribution in [3.63, 3.8) is 0 Å². The van der Waals surface area contributed by atoms with Crippen molar-refractivity contribution in [3.05, 3.63) is 107 Å². The van der Waals surface area contributed by atoms with E-state index in [1.807, 2.05) is 60.7 Å². The van der Waals surface area contributed by atoms with Gasteiger partial charge >= 0.3 is 0 Å². The van der Waals surface area contributed by atoms with Gasteiger partial charge in [-0.15, -0.1) is 0 Å². The maximum Gasteiger partial charge on any atom is 0.265 e. The summed E-state index contributed by atoms with van der Waals surface area (Å²) in [5, 5.41) is 3.06. The van der Waals surface area contributed by atoms with E-state index in [2.05, 4.69) is 5.32 Å². The van der Waals surface area contributed by atoms with Gasteiger partial charge < -0.3 is 5.32 Å². The van der Waals surface area contributed by atoms with Crippen LogP contribution in [0.5, 0.6) is 0 Å². The maximum absolute atomic E-state index is 13.9. The number of hydrogen-bond donors (Lipinski definition) is 1. The molecule has 0 radical (unpaired) electrons. The van der Waals surface area contributed by atoms with E-state index in [4.69, 9.17) is 4.99 Å². The van der Waals surface area contributed by atoms with Crippen LogP contribution in [0.1, 0.15) is 64.4 Å². The van der Waals surface area contributed by atoms with Crippen LogP contribution in [-0.4, -0.2) is 40.9 Å². The molecular weight excluding hydrogens is 450 g/mol. The van der Waals surface area contributed by atoms with Crippen molar-refractivity contribution in [2.75, 3.05) is 6.54 Å². The van der Waals surface area contributed by atoms with Crippen molar-refractivity contribution in [2.45, 2.75) is 44.2 Å². The summed E-state index contributed by atoms with van der Waals surface area (Å²) in [6.07, 6.45) is 4.32. The third-order valence-electron chi connectivity index (χ3n) is 7.12. The molecule has 1 heterocycles. The first-order chi connectivity index (χ1) is 17.5. The minimum atomic E-state index is -1.23. The van der Waals surface area contributed by atoms with Crippen molar-refractivity contribution < 1.29 is 14.4 Å². The number of amides is 2. The summed E-state index contributed by atoms with van der Waals surface area (Å²) >= 11 is 0. The first-order valence-corrected chi connectivity index (χ1v) is 12.4. The Morgan fingerprint density at radius 3 is 1.94 bits per heavy atom. The first kappa shape index (κ1) is 23.7. The minimum Gasteiger partial charge on any atom is -0.349 e. The molecule has 0 aromatic heterocycles. The van der Waals surface area contributed by atoms with Crippen molar-refractivity contribution in [2.24, 2.45) is 4.99 Å². The van der Waals surface area contributed by atoms with Crippen LogP contribution in [0.4, 0.5) is 0 Å². The van der Waals surface area contributed by atoms with Gasteiger partial charge in [-0.1, -0.05) is 85.6 Å². The molecule has 0 saturated heterocycles. The topological polar surface area (TPSA) is 78.8 Å². The number of ketones is 1. The summed E-state index contributed by atoms with van der Waals surface area (Å²) in [5.41, 5.74) is 1.27. The number of nitrogens with zero attached hydrogens (tertiary/aromatic N) is 2. The molecule has 2 aliphatic rings. The van der Waals surface area contributed by atoms with Gasteiger partial charge in [-0.3, -0.25) is 19.3 Å². The first-order valence-electron chi connectivity index (χ1n) is 12.4. The van der Waals surface area contributed by atoms with Crippen LogP contribution in [0.2, 0.25) is 0 Å². The molecule has 3 aromatic rings. The van der Waals surface area contributed by atoms with E-state index in [0.717, 1.165) is 36.8 Å². The second-order valence-electron chi connectivity index (χ2n) is 9.45. The third-order valence-corrected chi connectivity index (χ3v) is 7.12. The predicted octanol–water partition coefficient (Wildman–Crippen LogP) is 4.75. The Hall–Kier alpha value is -4.06. The lowest BCUT2D eigenvalue weighted by Crippen LogP contribution is -2.43. The zero-order chi connectivity index (χ0) is 25.1. The van der Waals surface area contributed by atoms with Crippen molar-refractivity contribution in [1.82, 2.24) is 10.2 Å². The molecule has 6 heteroatoms. The summed E-state index contributed by atoms with van der Waals surface area (Å²) in [6, 6.07) is 25.8. The lowest BCUT2D eigenvalue weighted by molar-refractivity contribution is -0.129. The number of carbonyl (C=O) groups excluding carboxylic acids is 3.